The van der Waals surface area contributed by atoms with Crippen LogP contribution in [0.1, 0.15) is 126 Å². The molecule has 0 aromatic carbocycles. The van der Waals surface area contributed by atoms with Crippen LogP contribution >= 0.6 is 0 Å². The van der Waals surface area contributed by atoms with Crippen LogP contribution in [0, 0.1) is 17.8 Å². The first kappa shape index (κ1) is 25.3. The fourth-order valence-electron chi connectivity index (χ4n) is 4.31. The van der Waals surface area contributed by atoms with Gasteiger partial charge in [0.05, 0.1) is 0 Å². The summed E-state index contributed by atoms with van der Waals surface area (Å²) in [6.07, 6.45) is 21.1. The summed E-state index contributed by atoms with van der Waals surface area (Å²) in [6.45, 7) is 16.5. The van der Waals surface area contributed by atoms with E-state index < -0.39 is 0 Å². The zero-order valence-electron chi connectivity index (χ0n) is 20.4. The first-order chi connectivity index (χ1) is 13.3. The lowest BCUT2D eigenvalue weighted by Gasteiger charge is -2.16. The van der Waals surface area contributed by atoms with Crippen molar-refractivity contribution in [2.45, 2.75) is 126 Å². The molecule has 0 heterocycles. The Morgan fingerprint density at radius 2 is 1.43 bits per heavy atom. The normalized spacial score (nSPS) is 17.9. The minimum Gasteiger partial charge on any atom is -0.0815 e. The number of hydrogen-bond acceptors (Lipinski definition) is 0. The molecule has 0 spiro atoms. The Morgan fingerprint density at radius 1 is 0.857 bits per heavy atom. The van der Waals surface area contributed by atoms with Crippen LogP contribution in [0.25, 0.3) is 0 Å². The third kappa shape index (κ3) is 11.9. The molecule has 0 nitrogen and oxygen atoms in total. The van der Waals surface area contributed by atoms with E-state index in [0.29, 0.717) is 0 Å². The predicted molar refractivity (Wildman–Crippen MR) is 129 cm³/mol. The van der Waals surface area contributed by atoms with Gasteiger partial charge in [-0.05, 0) is 70.6 Å². The smallest absolute Gasteiger partial charge is 0.0105 e. The molecule has 0 fully saturated rings. The summed E-state index contributed by atoms with van der Waals surface area (Å²) in [6, 6.07) is 0. The first-order valence-electron chi connectivity index (χ1n) is 12.3. The van der Waals surface area contributed by atoms with Gasteiger partial charge in [0.2, 0.25) is 0 Å². The van der Waals surface area contributed by atoms with Crippen LogP contribution in [0.15, 0.2) is 34.4 Å². The van der Waals surface area contributed by atoms with Gasteiger partial charge in [0.25, 0.3) is 0 Å². The minimum absolute atomic E-state index is 0.870. The van der Waals surface area contributed by atoms with E-state index in [-0.39, 0.29) is 0 Å². The van der Waals surface area contributed by atoms with E-state index in [2.05, 4.69) is 60.6 Å². The molecular formula is C28H50. The summed E-state index contributed by atoms with van der Waals surface area (Å²) >= 11 is 0. The maximum atomic E-state index is 2.49. The summed E-state index contributed by atoms with van der Waals surface area (Å²) in [5.74, 6) is 2.69. The summed E-state index contributed by atoms with van der Waals surface area (Å²) < 4.78 is 0. The second-order valence-corrected chi connectivity index (χ2v) is 10.4. The van der Waals surface area contributed by atoms with Crippen LogP contribution in [0.2, 0.25) is 0 Å². The number of hydrogen-bond donors (Lipinski definition) is 0. The maximum absolute atomic E-state index is 2.49. The van der Waals surface area contributed by atoms with E-state index in [4.69, 9.17) is 0 Å². The second-order valence-electron chi connectivity index (χ2n) is 10.4. The van der Waals surface area contributed by atoms with Crippen molar-refractivity contribution in [3.05, 3.63) is 34.4 Å². The van der Waals surface area contributed by atoms with Gasteiger partial charge in [0, 0.05) is 0 Å². The van der Waals surface area contributed by atoms with E-state index in [1.54, 1.807) is 22.3 Å². The molecule has 0 saturated heterocycles. The van der Waals surface area contributed by atoms with Gasteiger partial charge in [-0.15, -0.1) is 0 Å². The molecule has 0 saturated carbocycles. The summed E-state index contributed by atoms with van der Waals surface area (Å²) in [5.41, 5.74) is 6.38. The number of allylic oxidation sites excluding steroid dienone is 6. The van der Waals surface area contributed by atoms with Crippen molar-refractivity contribution >= 4 is 0 Å². The van der Waals surface area contributed by atoms with Crippen molar-refractivity contribution in [2.24, 2.45) is 17.8 Å². The maximum Gasteiger partial charge on any atom is -0.0105 e. The van der Waals surface area contributed by atoms with Crippen LogP contribution in [0.3, 0.4) is 0 Å². The molecule has 1 aliphatic carbocycles. The van der Waals surface area contributed by atoms with Gasteiger partial charge in [0.15, 0.2) is 0 Å². The van der Waals surface area contributed by atoms with E-state index in [1.807, 2.05) is 0 Å². The van der Waals surface area contributed by atoms with Crippen LogP contribution in [0.5, 0.6) is 0 Å². The van der Waals surface area contributed by atoms with Gasteiger partial charge >= 0.3 is 0 Å². The Labute approximate surface area is 178 Å². The molecule has 1 rings (SSSR count). The Kier molecular flexibility index (Phi) is 12.8. The molecule has 0 aliphatic heterocycles. The monoisotopic (exact) mass is 386 g/mol. The molecule has 0 radical (unpaired) electrons. The zero-order chi connectivity index (χ0) is 20.9. The van der Waals surface area contributed by atoms with Gasteiger partial charge in [0.1, 0.15) is 0 Å². The fraction of sp³-hybridized carbons (Fsp3) is 0.786. The largest absolute Gasteiger partial charge is 0.0815 e. The van der Waals surface area contributed by atoms with Crippen LogP contribution in [-0.4, -0.2) is 0 Å². The Morgan fingerprint density at radius 3 is 2.00 bits per heavy atom. The summed E-state index contributed by atoms with van der Waals surface area (Å²) in [7, 11) is 0. The van der Waals surface area contributed by atoms with Crippen molar-refractivity contribution in [3.63, 3.8) is 0 Å². The predicted octanol–water partition coefficient (Wildman–Crippen LogP) is 9.82. The fourth-order valence-corrected chi connectivity index (χ4v) is 4.31. The lowest BCUT2D eigenvalue weighted by atomic mass is 9.90. The van der Waals surface area contributed by atoms with Crippen LogP contribution in [-0.2, 0) is 0 Å². The van der Waals surface area contributed by atoms with E-state index in [9.17, 15) is 0 Å². The molecule has 0 aromatic heterocycles. The summed E-state index contributed by atoms with van der Waals surface area (Å²) in [4.78, 5) is 0. The molecule has 2 atom stereocenters. The molecule has 1 aliphatic rings. The van der Waals surface area contributed by atoms with Crippen molar-refractivity contribution in [3.8, 4) is 0 Å². The van der Waals surface area contributed by atoms with Crippen LogP contribution in [0.4, 0.5) is 0 Å². The average Bonchev–Trinajstić information content (AvgIpc) is 2.62. The highest BCUT2D eigenvalue weighted by Crippen LogP contribution is 2.27. The Balaban J connectivity index is 2.09. The molecule has 0 aromatic rings. The third-order valence-electron chi connectivity index (χ3n) is 6.77. The highest BCUT2D eigenvalue weighted by Gasteiger charge is 2.08. The molecule has 0 heteroatoms. The standard InChI is InChI=1S/C28H50/c1-22(2)11-8-12-23(3)13-9-14-24(4)15-10-16-25(5)17-19-28-20-18-26(6)27(7)21-28/h17,20,22-24H,8-16,18-19,21H2,1-7H3. The van der Waals surface area contributed by atoms with Crippen molar-refractivity contribution < 1.29 is 0 Å². The molecule has 28 heavy (non-hydrogen) atoms. The van der Waals surface area contributed by atoms with E-state index >= 15 is 0 Å². The van der Waals surface area contributed by atoms with Crippen molar-refractivity contribution in [2.75, 3.05) is 0 Å². The molecular weight excluding hydrogens is 336 g/mol. The lowest BCUT2D eigenvalue weighted by Crippen LogP contribution is -2.00. The van der Waals surface area contributed by atoms with E-state index in [1.165, 1.54) is 77.0 Å². The lowest BCUT2D eigenvalue weighted by molar-refractivity contribution is 0.389. The average molecular weight is 387 g/mol. The molecule has 0 bridgehead atoms. The van der Waals surface area contributed by atoms with Gasteiger partial charge in [-0.3, -0.25) is 0 Å². The van der Waals surface area contributed by atoms with Gasteiger partial charge in [-0.1, -0.05) is 107 Å². The topological polar surface area (TPSA) is 0 Å². The van der Waals surface area contributed by atoms with Gasteiger partial charge in [-0.25, -0.2) is 0 Å². The minimum atomic E-state index is 0.870. The molecule has 0 amide bonds. The highest BCUT2D eigenvalue weighted by molar-refractivity contribution is 5.28. The zero-order valence-corrected chi connectivity index (χ0v) is 20.4. The van der Waals surface area contributed by atoms with Crippen LogP contribution < -0.4 is 0 Å². The molecule has 0 N–H and O–H groups in total. The van der Waals surface area contributed by atoms with E-state index in [0.717, 1.165) is 17.8 Å². The molecule has 2 unspecified atom stereocenters. The highest BCUT2D eigenvalue weighted by atomic mass is 14.1. The Hall–Kier alpha value is -0.780. The van der Waals surface area contributed by atoms with Gasteiger partial charge in [-0.2, -0.15) is 0 Å². The third-order valence-corrected chi connectivity index (χ3v) is 6.77. The number of rotatable bonds is 14. The second kappa shape index (κ2) is 14.2. The molecule has 162 valence electrons. The van der Waals surface area contributed by atoms with Gasteiger partial charge < -0.3 is 0 Å². The van der Waals surface area contributed by atoms with Crippen molar-refractivity contribution in [1.29, 1.82) is 0 Å². The SMILES string of the molecule is CC(=CCC1=CCC(C)=C(C)C1)CCCC(C)CCCC(C)CCCC(C)C. The summed E-state index contributed by atoms with van der Waals surface area (Å²) in [5, 5.41) is 0. The first-order valence-corrected chi connectivity index (χ1v) is 12.3. The quantitative estimate of drug-likeness (QED) is 0.260. The van der Waals surface area contributed by atoms with Crippen molar-refractivity contribution in [1.82, 2.24) is 0 Å². The Bertz CT molecular complexity index is 514.